The summed E-state index contributed by atoms with van der Waals surface area (Å²) in [5.41, 5.74) is 1.85. The Hall–Kier alpha value is -3.78. The van der Waals surface area contributed by atoms with E-state index < -0.39 is 21.6 Å². The van der Waals surface area contributed by atoms with Crippen LogP contribution in [-0.4, -0.2) is 34.1 Å². The lowest BCUT2D eigenvalue weighted by atomic mass is 9.90. The van der Waals surface area contributed by atoms with Gasteiger partial charge in [-0.1, -0.05) is 42.0 Å². The van der Waals surface area contributed by atoms with E-state index in [2.05, 4.69) is 4.72 Å². The molecule has 2 aromatic carbocycles. The molecular weight excluding hydrogens is 426 g/mol. The van der Waals surface area contributed by atoms with Gasteiger partial charge in [-0.05, 0) is 19.1 Å². The summed E-state index contributed by atoms with van der Waals surface area (Å²) in [6, 6.07) is 16.2. The van der Waals surface area contributed by atoms with E-state index in [1.54, 1.807) is 54.9 Å². The Bertz CT molecular complexity index is 1360. The highest BCUT2D eigenvalue weighted by molar-refractivity contribution is 7.89. The van der Waals surface area contributed by atoms with Crippen molar-refractivity contribution >= 4 is 33.0 Å². The zero-order chi connectivity index (χ0) is 23.0. The van der Waals surface area contributed by atoms with Crippen LogP contribution in [0.1, 0.15) is 26.3 Å². The Labute approximate surface area is 186 Å². The number of carbonyl (C=O) groups excluding carboxylic acids is 2. The second-order valence-electron chi connectivity index (χ2n) is 7.70. The fourth-order valence-electron chi connectivity index (χ4n) is 3.48. The van der Waals surface area contributed by atoms with E-state index in [-0.39, 0.29) is 27.4 Å². The Morgan fingerprint density at radius 1 is 0.812 bits per heavy atom. The molecule has 0 unspecified atom stereocenters. The van der Waals surface area contributed by atoms with Gasteiger partial charge in [0.15, 0.2) is 18.1 Å². The molecule has 0 aliphatic heterocycles. The molecule has 0 atom stereocenters. The normalized spacial score (nSPS) is 13.7. The maximum absolute atomic E-state index is 13.4. The van der Waals surface area contributed by atoms with Gasteiger partial charge in [0.1, 0.15) is 0 Å². The van der Waals surface area contributed by atoms with E-state index in [0.29, 0.717) is 0 Å². The minimum absolute atomic E-state index is 0.00186. The minimum Gasteiger partial charge on any atom is -0.377 e. The molecule has 7 nitrogen and oxygen atoms in total. The average Bonchev–Trinajstić information content (AvgIpc) is 2.78. The van der Waals surface area contributed by atoms with Gasteiger partial charge in [-0.2, -0.15) is 4.57 Å². The number of Topliss-reactive ketones (excluding diaryl/α,β-unsaturated/α-hetero) is 2. The molecule has 0 saturated carbocycles. The van der Waals surface area contributed by atoms with Gasteiger partial charge in [0.05, 0.1) is 4.90 Å². The van der Waals surface area contributed by atoms with Crippen LogP contribution in [0, 0.1) is 6.92 Å². The van der Waals surface area contributed by atoms with Crippen LogP contribution < -0.4 is 14.2 Å². The second kappa shape index (κ2) is 8.05. The summed E-state index contributed by atoms with van der Waals surface area (Å²) >= 11 is 0. The number of aryl methyl sites for hydroxylation is 1. The van der Waals surface area contributed by atoms with Gasteiger partial charge in [0.25, 0.3) is 21.5 Å². The highest BCUT2D eigenvalue weighted by Gasteiger charge is 2.40. The summed E-state index contributed by atoms with van der Waals surface area (Å²) in [5, 5.41) is 0. The van der Waals surface area contributed by atoms with Crippen LogP contribution in [0.5, 0.6) is 0 Å². The quantitative estimate of drug-likeness (QED) is 0.607. The third kappa shape index (κ3) is 3.80. The predicted octanol–water partition coefficient (Wildman–Crippen LogP) is 2.57. The monoisotopic (exact) mass is 448 g/mol. The predicted molar refractivity (Wildman–Crippen MR) is 121 cm³/mol. The smallest absolute Gasteiger partial charge is 0.287 e. The number of sulfonamides is 1. The molecule has 0 saturated heterocycles. The summed E-state index contributed by atoms with van der Waals surface area (Å²) in [5.74, 6) is -1.00. The van der Waals surface area contributed by atoms with Crippen molar-refractivity contribution in [1.29, 1.82) is 0 Å². The Balaban J connectivity index is 1.88. The third-order valence-corrected chi connectivity index (χ3v) is 6.61. The van der Waals surface area contributed by atoms with Crippen LogP contribution in [0.15, 0.2) is 83.6 Å². The van der Waals surface area contributed by atoms with E-state index in [4.69, 9.17) is 0 Å². The number of hydrogen-bond donors (Lipinski definition) is 1. The van der Waals surface area contributed by atoms with Crippen molar-refractivity contribution in [2.45, 2.75) is 11.8 Å². The molecule has 1 heterocycles. The number of fused-ring (bicyclic) bond motifs is 1. The van der Waals surface area contributed by atoms with Gasteiger partial charge < -0.3 is 4.90 Å². The molecule has 0 fully saturated rings. The number of hydrogen-bond acceptors (Lipinski definition) is 5. The minimum atomic E-state index is -4.10. The molecule has 3 aromatic rings. The Kier molecular flexibility index (Phi) is 5.40. The number of allylic oxidation sites excluding steroid dienone is 2. The molecule has 162 valence electrons. The lowest BCUT2D eigenvalue weighted by Gasteiger charge is -2.19. The van der Waals surface area contributed by atoms with Crippen molar-refractivity contribution in [2.24, 2.45) is 0 Å². The number of carbonyl (C=O) groups is 2. The number of rotatable bonds is 5. The number of nitrogens with one attached hydrogen (secondary N) is 1. The van der Waals surface area contributed by atoms with Crippen LogP contribution in [-0.2, 0) is 10.0 Å². The topological polar surface area (TPSA) is 87.4 Å². The van der Waals surface area contributed by atoms with Gasteiger partial charge in [0.2, 0.25) is 5.78 Å². The van der Waals surface area contributed by atoms with Crippen molar-refractivity contribution < 1.29 is 22.6 Å². The van der Waals surface area contributed by atoms with Gasteiger partial charge in [-0.3, -0.25) is 14.3 Å². The zero-order valence-corrected chi connectivity index (χ0v) is 18.7. The molecule has 1 N–H and O–H groups in total. The first kappa shape index (κ1) is 21.5. The lowest BCUT2D eigenvalue weighted by molar-refractivity contribution is -0.577. The molecule has 32 heavy (non-hydrogen) atoms. The highest BCUT2D eigenvalue weighted by Crippen LogP contribution is 2.26. The van der Waals surface area contributed by atoms with E-state index in [1.165, 1.54) is 22.8 Å². The first-order valence-electron chi connectivity index (χ1n) is 9.90. The molecule has 8 heteroatoms. The van der Waals surface area contributed by atoms with Crippen molar-refractivity contribution in [1.82, 2.24) is 4.72 Å². The third-order valence-electron chi connectivity index (χ3n) is 5.25. The molecule has 0 spiro atoms. The van der Waals surface area contributed by atoms with E-state index in [0.717, 1.165) is 11.3 Å². The van der Waals surface area contributed by atoms with E-state index in [1.807, 2.05) is 25.9 Å². The van der Waals surface area contributed by atoms with Gasteiger partial charge in [0, 0.05) is 43.0 Å². The average molecular weight is 449 g/mol. The van der Waals surface area contributed by atoms with Crippen molar-refractivity contribution in [3.63, 3.8) is 0 Å². The maximum atomic E-state index is 13.4. The SMILES string of the molecule is Cc1ccc(S(=O)(=O)NC2=C([n+]3ccc(N(C)C)cc3)C(=O)c3ccccc3C2=O)cc1. The van der Waals surface area contributed by atoms with E-state index >= 15 is 0 Å². The largest absolute Gasteiger partial charge is 0.377 e. The number of aromatic nitrogens is 1. The summed E-state index contributed by atoms with van der Waals surface area (Å²) in [4.78, 5) is 28.6. The van der Waals surface area contributed by atoms with Crippen LogP contribution in [0.4, 0.5) is 5.69 Å². The number of pyridine rings is 1. The van der Waals surface area contributed by atoms with Crippen LogP contribution in [0.2, 0.25) is 0 Å². The lowest BCUT2D eigenvalue weighted by Crippen LogP contribution is -2.44. The van der Waals surface area contributed by atoms with Gasteiger partial charge in [-0.25, -0.2) is 8.42 Å². The zero-order valence-electron chi connectivity index (χ0n) is 17.9. The van der Waals surface area contributed by atoms with Crippen LogP contribution >= 0.6 is 0 Å². The summed E-state index contributed by atoms with van der Waals surface area (Å²) in [6.45, 7) is 1.85. The fourth-order valence-corrected chi connectivity index (χ4v) is 4.55. The number of anilines is 1. The molecule has 1 aliphatic rings. The standard InChI is InChI=1S/C24H21N3O4S/c1-16-8-10-18(11-9-16)32(30,31)25-21-22(27-14-12-17(13-15-27)26(2)3)24(29)20-7-5-4-6-19(20)23(21)28/h4-15H,1-3H3/p+1. The number of ketones is 2. The molecule has 4 rings (SSSR count). The van der Waals surface area contributed by atoms with Gasteiger partial charge >= 0.3 is 0 Å². The summed E-state index contributed by atoms with van der Waals surface area (Å²) in [7, 11) is -0.339. The molecule has 0 radical (unpaired) electrons. The molecule has 0 bridgehead atoms. The summed E-state index contributed by atoms with van der Waals surface area (Å²) in [6.07, 6.45) is 3.26. The summed E-state index contributed by atoms with van der Waals surface area (Å²) < 4.78 is 30.0. The van der Waals surface area contributed by atoms with Gasteiger partial charge in [-0.15, -0.1) is 0 Å². The number of nitrogens with zero attached hydrogens (tertiary/aromatic N) is 2. The van der Waals surface area contributed by atoms with E-state index in [9.17, 15) is 18.0 Å². The number of benzene rings is 2. The molecule has 1 aromatic heterocycles. The Morgan fingerprint density at radius 2 is 1.38 bits per heavy atom. The van der Waals surface area contributed by atoms with Crippen molar-refractivity contribution in [3.8, 4) is 0 Å². The Morgan fingerprint density at radius 3 is 1.94 bits per heavy atom. The first-order valence-corrected chi connectivity index (χ1v) is 11.4. The van der Waals surface area contributed by atoms with Crippen molar-refractivity contribution in [3.05, 3.63) is 95.4 Å². The second-order valence-corrected chi connectivity index (χ2v) is 9.39. The fraction of sp³-hybridized carbons (Fsp3) is 0.125. The first-order chi connectivity index (χ1) is 15.2. The molecule has 0 amide bonds. The highest BCUT2D eigenvalue weighted by atomic mass is 32.2. The molecule has 1 aliphatic carbocycles. The van der Waals surface area contributed by atoms with Crippen molar-refractivity contribution in [2.75, 3.05) is 19.0 Å². The maximum Gasteiger partial charge on any atom is 0.287 e. The van der Waals surface area contributed by atoms with Crippen LogP contribution in [0.3, 0.4) is 0 Å². The molecular formula is C24H22N3O4S+. The van der Waals surface area contributed by atoms with Crippen LogP contribution in [0.25, 0.3) is 5.70 Å².